The molecule has 136 valence electrons. The number of phenolic OH excluding ortho intramolecular Hbond substituents is 1. The van der Waals surface area contributed by atoms with Crippen LogP contribution in [0.1, 0.15) is 68.6 Å². The molecule has 0 aromatic heterocycles. The number of aromatic hydroxyl groups is 1. The molecule has 2 rings (SSSR count). The number of hydrogen-bond acceptors (Lipinski definition) is 3. The third kappa shape index (κ3) is 4.23. The van der Waals surface area contributed by atoms with Crippen LogP contribution in [-0.2, 0) is 10.8 Å². The van der Waals surface area contributed by atoms with Crippen molar-refractivity contribution in [3.8, 4) is 11.8 Å². The molecular weight excluding hydrogens is 324 g/mol. The molecule has 26 heavy (non-hydrogen) atoms. The highest BCUT2D eigenvalue weighted by molar-refractivity contribution is 6.04. The van der Waals surface area contributed by atoms with E-state index in [1.54, 1.807) is 36.4 Å². The van der Waals surface area contributed by atoms with Crippen LogP contribution in [0.5, 0.6) is 5.75 Å². The number of nitrogens with zero attached hydrogens (tertiary/aromatic N) is 1. The predicted molar refractivity (Wildman–Crippen MR) is 105 cm³/mol. The molecule has 0 heterocycles. The van der Waals surface area contributed by atoms with Crippen molar-refractivity contribution in [2.75, 3.05) is 5.32 Å². The average molecular weight is 350 g/mol. The second kappa shape index (κ2) is 6.84. The van der Waals surface area contributed by atoms with Gasteiger partial charge in [-0.2, -0.15) is 5.26 Å². The Morgan fingerprint density at radius 3 is 1.81 bits per heavy atom. The zero-order valence-electron chi connectivity index (χ0n) is 16.3. The summed E-state index contributed by atoms with van der Waals surface area (Å²) < 4.78 is 0. The molecule has 0 spiro atoms. The maximum absolute atomic E-state index is 12.8. The minimum Gasteiger partial charge on any atom is -0.507 e. The van der Waals surface area contributed by atoms with Gasteiger partial charge in [-0.3, -0.25) is 4.79 Å². The molecule has 0 saturated carbocycles. The summed E-state index contributed by atoms with van der Waals surface area (Å²) in [5.41, 5.74) is 2.56. The highest BCUT2D eigenvalue weighted by Crippen LogP contribution is 2.39. The lowest BCUT2D eigenvalue weighted by Gasteiger charge is -2.28. The summed E-state index contributed by atoms with van der Waals surface area (Å²) in [6.45, 7) is 12.1. The molecule has 4 nitrogen and oxygen atoms in total. The minimum atomic E-state index is -0.297. The molecule has 1 amide bonds. The van der Waals surface area contributed by atoms with Crippen molar-refractivity contribution in [2.24, 2.45) is 0 Å². The molecule has 2 N–H and O–H groups in total. The molecule has 4 heteroatoms. The number of nitriles is 1. The normalized spacial score (nSPS) is 11.7. The maximum atomic E-state index is 12.8. The standard InChI is InChI=1S/C22H26N2O2/c1-21(2,3)17-11-15(12-18(19(17)25)22(4,5)6)20(26)24-16-9-7-14(13-23)8-10-16/h7-12,25H,1-6H3,(H,24,26). The molecule has 0 saturated heterocycles. The van der Waals surface area contributed by atoms with Gasteiger partial charge in [-0.1, -0.05) is 41.5 Å². The van der Waals surface area contributed by atoms with Crippen LogP contribution < -0.4 is 5.32 Å². The maximum Gasteiger partial charge on any atom is 0.255 e. The zero-order valence-corrected chi connectivity index (χ0v) is 16.3. The number of anilines is 1. The fraction of sp³-hybridized carbons (Fsp3) is 0.364. The van der Waals surface area contributed by atoms with E-state index in [4.69, 9.17) is 5.26 Å². The number of hydrogen-bond donors (Lipinski definition) is 2. The van der Waals surface area contributed by atoms with Gasteiger partial charge < -0.3 is 10.4 Å². The van der Waals surface area contributed by atoms with Gasteiger partial charge in [0.2, 0.25) is 0 Å². The number of benzene rings is 2. The van der Waals surface area contributed by atoms with E-state index >= 15 is 0 Å². The van der Waals surface area contributed by atoms with E-state index in [1.807, 2.05) is 41.5 Å². The van der Waals surface area contributed by atoms with Gasteiger partial charge in [0.15, 0.2) is 0 Å². The van der Waals surface area contributed by atoms with E-state index in [9.17, 15) is 9.90 Å². The largest absolute Gasteiger partial charge is 0.507 e. The van der Waals surface area contributed by atoms with Crippen molar-refractivity contribution < 1.29 is 9.90 Å². The van der Waals surface area contributed by atoms with E-state index in [0.29, 0.717) is 16.8 Å². The van der Waals surface area contributed by atoms with Crippen LogP contribution in [-0.4, -0.2) is 11.0 Å². The van der Waals surface area contributed by atoms with Crippen LogP contribution in [0.25, 0.3) is 0 Å². The van der Waals surface area contributed by atoms with Crippen LogP contribution in [0.15, 0.2) is 36.4 Å². The fourth-order valence-electron chi connectivity index (χ4n) is 2.74. The average Bonchev–Trinajstić information content (AvgIpc) is 2.53. The first kappa shape index (κ1) is 19.5. The Balaban J connectivity index is 2.47. The highest BCUT2D eigenvalue weighted by atomic mass is 16.3. The fourth-order valence-corrected chi connectivity index (χ4v) is 2.74. The van der Waals surface area contributed by atoms with Crippen LogP contribution in [0, 0.1) is 11.3 Å². The molecule has 0 bridgehead atoms. The second-order valence-corrected chi connectivity index (χ2v) is 8.56. The molecule has 0 aliphatic rings. The summed E-state index contributed by atoms with van der Waals surface area (Å²) in [6, 6.07) is 12.3. The third-order valence-corrected chi connectivity index (χ3v) is 4.26. The molecule has 0 atom stereocenters. The van der Waals surface area contributed by atoms with Gasteiger partial charge in [0.05, 0.1) is 11.6 Å². The molecule has 2 aromatic carbocycles. The Labute approximate surface area is 155 Å². The van der Waals surface area contributed by atoms with Crippen molar-refractivity contribution in [2.45, 2.75) is 52.4 Å². The van der Waals surface area contributed by atoms with Crippen LogP contribution in [0.2, 0.25) is 0 Å². The van der Waals surface area contributed by atoms with E-state index < -0.39 is 0 Å². The third-order valence-electron chi connectivity index (χ3n) is 4.26. The first-order valence-electron chi connectivity index (χ1n) is 8.63. The molecule has 0 aliphatic heterocycles. The number of carbonyl (C=O) groups is 1. The molecule has 2 aromatic rings. The predicted octanol–water partition coefficient (Wildman–Crippen LogP) is 5.11. The molecule has 0 aliphatic carbocycles. The molecule has 0 unspecified atom stereocenters. The number of carbonyl (C=O) groups excluding carboxylic acids is 1. The Bertz CT molecular complexity index is 826. The Hall–Kier alpha value is -2.80. The van der Waals surface area contributed by atoms with Crippen molar-refractivity contribution in [3.63, 3.8) is 0 Å². The van der Waals surface area contributed by atoms with Crippen LogP contribution in [0.4, 0.5) is 5.69 Å². The summed E-state index contributed by atoms with van der Waals surface area (Å²) in [7, 11) is 0. The number of amides is 1. The van der Waals surface area contributed by atoms with Crippen LogP contribution >= 0.6 is 0 Å². The molecule has 0 radical (unpaired) electrons. The van der Waals surface area contributed by atoms with Crippen molar-refractivity contribution in [1.82, 2.24) is 0 Å². The van der Waals surface area contributed by atoms with Crippen molar-refractivity contribution in [1.29, 1.82) is 5.26 Å². The SMILES string of the molecule is CC(C)(C)c1cc(C(=O)Nc2ccc(C#N)cc2)cc(C(C)(C)C)c1O. The lowest BCUT2D eigenvalue weighted by molar-refractivity contribution is 0.102. The monoisotopic (exact) mass is 350 g/mol. The van der Waals surface area contributed by atoms with E-state index in [1.165, 1.54) is 0 Å². The Kier molecular flexibility index (Phi) is 5.13. The summed E-state index contributed by atoms with van der Waals surface area (Å²) in [5.74, 6) is 0.00521. The summed E-state index contributed by atoms with van der Waals surface area (Å²) in [5, 5.41) is 22.5. The quantitative estimate of drug-likeness (QED) is 0.790. The Morgan fingerprint density at radius 2 is 1.42 bits per heavy atom. The van der Waals surface area contributed by atoms with Gasteiger partial charge >= 0.3 is 0 Å². The number of nitrogens with one attached hydrogen (secondary N) is 1. The lowest BCUT2D eigenvalue weighted by atomic mass is 9.78. The Morgan fingerprint density at radius 1 is 0.962 bits per heavy atom. The van der Waals surface area contributed by atoms with E-state index in [0.717, 1.165) is 11.1 Å². The lowest BCUT2D eigenvalue weighted by Crippen LogP contribution is -2.20. The summed E-state index contributed by atoms with van der Waals surface area (Å²) in [4.78, 5) is 12.8. The zero-order chi connectivity index (χ0) is 19.7. The van der Waals surface area contributed by atoms with Gasteiger partial charge in [-0.15, -0.1) is 0 Å². The number of phenols is 1. The van der Waals surface area contributed by atoms with Crippen molar-refractivity contribution in [3.05, 3.63) is 58.7 Å². The van der Waals surface area contributed by atoms with Gasteiger partial charge in [-0.05, 0) is 47.2 Å². The molecular formula is C22H26N2O2. The van der Waals surface area contributed by atoms with Gasteiger partial charge in [0.1, 0.15) is 5.75 Å². The molecule has 0 fully saturated rings. The first-order chi connectivity index (χ1) is 11.9. The minimum absolute atomic E-state index is 0.245. The van der Waals surface area contributed by atoms with Crippen molar-refractivity contribution >= 4 is 11.6 Å². The highest BCUT2D eigenvalue weighted by Gasteiger charge is 2.27. The summed E-state index contributed by atoms with van der Waals surface area (Å²) in [6.07, 6.45) is 0. The van der Waals surface area contributed by atoms with Crippen LogP contribution in [0.3, 0.4) is 0 Å². The smallest absolute Gasteiger partial charge is 0.255 e. The van der Waals surface area contributed by atoms with Gasteiger partial charge in [0, 0.05) is 22.4 Å². The number of rotatable bonds is 2. The van der Waals surface area contributed by atoms with Gasteiger partial charge in [-0.25, -0.2) is 0 Å². The van der Waals surface area contributed by atoms with E-state index in [2.05, 4.69) is 11.4 Å². The topological polar surface area (TPSA) is 73.1 Å². The van der Waals surface area contributed by atoms with Gasteiger partial charge in [0.25, 0.3) is 5.91 Å². The van der Waals surface area contributed by atoms with E-state index in [-0.39, 0.29) is 22.5 Å². The second-order valence-electron chi connectivity index (χ2n) is 8.56. The summed E-state index contributed by atoms with van der Waals surface area (Å²) >= 11 is 0. The first-order valence-corrected chi connectivity index (χ1v) is 8.63.